The summed E-state index contributed by atoms with van der Waals surface area (Å²) in [6, 6.07) is 16.0. The highest BCUT2D eigenvalue weighted by Gasteiger charge is 2.25. The van der Waals surface area contributed by atoms with Gasteiger partial charge >= 0.3 is 5.69 Å². The molecule has 9 heteroatoms. The first-order valence-electron chi connectivity index (χ1n) is 11.0. The summed E-state index contributed by atoms with van der Waals surface area (Å²) in [5.74, 6) is -0.538. The fraction of sp³-hybridized carbons (Fsp3) is 0.280. The van der Waals surface area contributed by atoms with Gasteiger partial charge in [0.1, 0.15) is 5.82 Å². The van der Waals surface area contributed by atoms with Gasteiger partial charge in [-0.15, -0.1) is 0 Å². The Labute approximate surface area is 197 Å². The van der Waals surface area contributed by atoms with Crippen molar-refractivity contribution in [1.82, 2.24) is 9.55 Å². The van der Waals surface area contributed by atoms with E-state index in [1.54, 1.807) is 24.3 Å². The molecule has 0 aliphatic carbocycles. The zero-order chi connectivity index (χ0) is 24.8. The number of Topliss-reactive ketones (excluding diaryl/α,β-unsaturated/α-hetero) is 1. The number of carbonyl (C=O) groups is 2. The molecule has 0 saturated heterocycles. The topological polar surface area (TPSA) is 130 Å². The molecule has 0 aliphatic rings. The number of benzene rings is 2. The van der Waals surface area contributed by atoms with Crippen LogP contribution in [0.15, 0.2) is 64.2 Å². The lowest BCUT2D eigenvalue weighted by Crippen LogP contribution is -2.44. The van der Waals surface area contributed by atoms with Crippen LogP contribution in [0.5, 0.6) is 0 Å². The van der Waals surface area contributed by atoms with Gasteiger partial charge in [-0.05, 0) is 30.5 Å². The van der Waals surface area contributed by atoms with E-state index in [4.69, 9.17) is 5.73 Å². The maximum absolute atomic E-state index is 13.2. The molecule has 34 heavy (non-hydrogen) atoms. The molecule has 0 spiro atoms. The zero-order valence-corrected chi connectivity index (χ0v) is 19.5. The molecular formula is C25H29N5O4. The number of ketones is 1. The summed E-state index contributed by atoms with van der Waals surface area (Å²) < 4.78 is 1.25. The molecule has 0 atom stereocenters. The van der Waals surface area contributed by atoms with Crippen molar-refractivity contribution in [2.24, 2.45) is 5.92 Å². The highest BCUT2D eigenvalue weighted by atomic mass is 16.2. The van der Waals surface area contributed by atoms with Crippen molar-refractivity contribution in [2.45, 2.75) is 27.3 Å². The second-order valence-electron chi connectivity index (χ2n) is 8.45. The molecule has 1 heterocycles. The van der Waals surface area contributed by atoms with Crippen LogP contribution >= 0.6 is 0 Å². The van der Waals surface area contributed by atoms with Crippen molar-refractivity contribution in [3.8, 4) is 0 Å². The Morgan fingerprint density at radius 1 is 1.09 bits per heavy atom. The maximum atomic E-state index is 13.2. The second kappa shape index (κ2) is 10.7. The molecule has 4 N–H and O–H groups in total. The van der Waals surface area contributed by atoms with Gasteiger partial charge in [0.25, 0.3) is 5.56 Å². The van der Waals surface area contributed by atoms with E-state index in [1.807, 2.05) is 44.2 Å². The van der Waals surface area contributed by atoms with Gasteiger partial charge in [-0.25, -0.2) is 4.79 Å². The first-order chi connectivity index (χ1) is 16.2. The molecule has 0 fully saturated rings. The monoisotopic (exact) mass is 463 g/mol. The van der Waals surface area contributed by atoms with Crippen molar-refractivity contribution >= 4 is 28.9 Å². The predicted molar refractivity (Wildman–Crippen MR) is 133 cm³/mol. The number of H-pyrrole nitrogens is 1. The SMILES string of the molecule is CC(=O)c1cccc(NCC(=O)N(CC(C)C)c2c(N)n(Cc3ccccc3)c(=O)[nH]c2=O)c1. The van der Waals surface area contributed by atoms with Crippen molar-refractivity contribution in [2.75, 3.05) is 29.0 Å². The number of nitrogens with two attached hydrogens (primary N) is 1. The average Bonchev–Trinajstić information content (AvgIpc) is 2.80. The summed E-state index contributed by atoms with van der Waals surface area (Å²) in [6.07, 6.45) is 0. The van der Waals surface area contributed by atoms with E-state index >= 15 is 0 Å². The number of nitrogens with zero attached hydrogens (tertiary/aromatic N) is 2. The Morgan fingerprint density at radius 2 is 1.79 bits per heavy atom. The van der Waals surface area contributed by atoms with Gasteiger partial charge in [-0.2, -0.15) is 0 Å². The molecule has 2 aromatic carbocycles. The third kappa shape index (κ3) is 5.80. The molecule has 1 aromatic heterocycles. The van der Waals surface area contributed by atoms with Gasteiger partial charge in [-0.3, -0.25) is 23.9 Å². The molecule has 0 saturated carbocycles. The number of rotatable bonds is 9. The quantitative estimate of drug-likeness (QED) is 0.418. The Hall–Kier alpha value is -4.14. The summed E-state index contributed by atoms with van der Waals surface area (Å²) >= 11 is 0. The number of nitrogens with one attached hydrogen (secondary N) is 2. The van der Waals surface area contributed by atoms with E-state index in [9.17, 15) is 19.2 Å². The van der Waals surface area contributed by atoms with E-state index in [2.05, 4.69) is 10.3 Å². The molecule has 3 rings (SSSR count). The Morgan fingerprint density at radius 3 is 2.44 bits per heavy atom. The first-order valence-corrected chi connectivity index (χ1v) is 11.0. The summed E-state index contributed by atoms with van der Waals surface area (Å²) in [7, 11) is 0. The number of anilines is 3. The van der Waals surface area contributed by atoms with Crippen LogP contribution in [-0.4, -0.2) is 34.3 Å². The van der Waals surface area contributed by atoms with Gasteiger partial charge in [0.2, 0.25) is 5.91 Å². The number of nitrogen functional groups attached to an aromatic ring is 1. The summed E-state index contributed by atoms with van der Waals surface area (Å²) in [5, 5.41) is 3.00. The number of aromatic amines is 1. The lowest BCUT2D eigenvalue weighted by atomic mass is 10.1. The normalized spacial score (nSPS) is 10.8. The molecule has 0 unspecified atom stereocenters. The van der Waals surface area contributed by atoms with Crippen LogP contribution in [0.2, 0.25) is 0 Å². The molecule has 0 bridgehead atoms. The minimum Gasteiger partial charge on any atom is -0.383 e. The van der Waals surface area contributed by atoms with Crippen LogP contribution in [0.25, 0.3) is 0 Å². The second-order valence-corrected chi connectivity index (χ2v) is 8.45. The third-order valence-electron chi connectivity index (χ3n) is 5.23. The third-order valence-corrected chi connectivity index (χ3v) is 5.23. The molecule has 1 amide bonds. The standard InChI is InChI=1S/C25H29N5O4/c1-16(2)14-29(21(32)13-27-20-11-7-10-19(12-20)17(3)31)22-23(26)30(25(34)28-24(22)33)15-18-8-5-4-6-9-18/h4-12,16,27H,13-15,26H2,1-3H3,(H,28,33,34). The van der Waals surface area contributed by atoms with Crippen LogP contribution in [-0.2, 0) is 11.3 Å². The van der Waals surface area contributed by atoms with Crippen molar-refractivity contribution in [3.63, 3.8) is 0 Å². The van der Waals surface area contributed by atoms with E-state index in [0.29, 0.717) is 11.3 Å². The Balaban J connectivity index is 1.94. The van der Waals surface area contributed by atoms with Gasteiger partial charge < -0.3 is 16.0 Å². The number of aromatic nitrogens is 2. The lowest BCUT2D eigenvalue weighted by molar-refractivity contribution is -0.117. The van der Waals surface area contributed by atoms with Crippen LogP contribution in [0.4, 0.5) is 17.2 Å². The van der Waals surface area contributed by atoms with Gasteiger partial charge in [-0.1, -0.05) is 56.3 Å². The van der Waals surface area contributed by atoms with Gasteiger partial charge in [0, 0.05) is 17.8 Å². The number of hydrogen-bond acceptors (Lipinski definition) is 6. The summed E-state index contributed by atoms with van der Waals surface area (Å²) in [6.45, 7) is 5.53. The Bertz CT molecular complexity index is 1290. The van der Waals surface area contributed by atoms with E-state index in [0.717, 1.165) is 5.56 Å². The lowest BCUT2D eigenvalue weighted by Gasteiger charge is -2.26. The molecule has 0 radical (unpaired) electrons. The van der Waals surface area contributed by atoms with Crippen molar-refractivity contribution in [3.05, 3.63) is 86.6 Å². The fourth-order valence-corrected chi connectivity index (χ4v) is 3.57. The number of amides is 1. The summed E-state index contributed by atoms with van der Waals surface area (Å²) in [5.41, 5.74) is 6.81. The van der Waals surface area contributed by atoms with E-state index in [-0.39, 0.29) is 42.8 Å². The van der Waals surface area contributed by atoms with E-state index < -0.39 is 17.2 Å². The maximum Gasteiger partial charge on any atom is 0.330 e. The van der Waals surface area contributed by atoms with Crippen LogP contribution in [0.1, 0.15) is 36.7 Å². The van der Waals surface area contributed by atoms with Crippen LogP contribution in [0.3, 0.4) is 0 Å². The zero-order valence-electron chi connectivity index (χ0n) is 19.5. The highest BCUT2D eigenvalue weighted by molar-refractivity contribution is 5.98. The van der Waals surface area contributed by atoms with E-state index in [1.165, 1.54) is 16.4 Å². The molecule has 3 aromatic rings. The molecular weight excluding hydrogens is 434 g/mol. The van der Waals surface area contributed by atoms with Crippen molar-refractivity contribution in [1.29, 1.82) is 0 Å². The Kier molecular flexibility index (Phi) is 7.68. The van der Waals surface area contributed by atoms with Gasteiger partial charge in [0.15, 0.2) is 11.5 Å². The minimum atomic E-state index is -0.723. The average molecular weight is 464 g/mol. The molecule has 9 nitrogen and oxygen atoms in total. The number of carbonyl (C=O) groups excluding carboxylic acids is 2. The minimum absolute atomic E-state index is 0.0262. The van der Waals surface area contributed by atoms with Crippen LogP contribution in [0, 0.1) is 5.92 Å². The van der Waals surface area contributed by atoms with Crippen molar-refractivity contribution < 1.29 is 9.59 Å². The highest BCUT2D eigenvalue weighted by Crippen LogP contribution is 2.20. The van der Waals surface area contributed by atoms with Gasteiger partial charge in [0.05, 0.1) is 13.1 Å². The van der Waals surface area contributed by atoms with Crippen LogP contribution < -0.4 is 27.2 Å². The smallest absolute Gasteiger partial charge is 0.330 e. The molecule has 0 aliphatic heterocycles. The number of hydrogen-bond donors (Lipinski definition) is 3. The fourth-order valence-electron chi connectivity index (χ4n) is 3.57. The summed E-state index contributed by atoms with van der Waals surface area (Å²) in [4.78, 5) is 53.8. The predicted octanol–water partition coefficient (Wildman–Crippen LogP) is 2.47. The molecule has 178 valence electrons. The first kappa shape index (κ1) is 24.5. The largest absolute Gasteiger partial charge is 0.383 e.